The lowest BCUT2D eigenvalue weighted by atomic mass is 9.99. The van der Waals surface area contributed by atoms with E-state index < -0.39 is 5.38 Å². The highest BCUT2D eigenvalue weighted by Gasteiger charge is 2.24. The van der Waals surface area contributed by atoms with Gasteiger partial charge in [0.2, 0.25) is 5.91 Å². The van der Waals surface area contributed by atoms with Gasteiger partial charge < -0.3 is 4.90 Å². The number of nitrogens with zero attached hydrogens (tertiary/aromatic N) is 1. The SMILES string of the molecule is Cc1ccc2c(c1)CCCN2C(=O)[C@H](C)Cl. The van der Waals surface area contributed by atoms with Crippen LogP contribution in [-0.2, 0) is 11.2 Å². The van der Waals surface area contributed by atoms with E-state index in [1.807, 2.05) is 17.0 Å². The molecule has 0 fully saturated rings. The Morgan fingerprint density at radius 2 is 2.25 bits per heavy atom. The smallest absolute Gasteiger partial charge is 0.244 e. The molecule has 0 aromatic heterocycles. The van der Waals surface area contributed by atoms with Crippen molar-refractivity contribution in [1.29, 1.82) is 0 Å². The molecule has 0 unspecified atom stereocenters. The molecule has 16 heavy (non-hydrogen) atoms. The maximum Gasteiger partial charge on any atom is 0.244 e. The number of alkyl halides is 1. The Morgan fingerprint density at radius 3 is 2.94 bits per heavy atom. The van der Waals surface area contributed by atoms with Crippen molar-refractivity contribution in [3.63, 3.8) is 0 Å². The summed E-state index contributed by atoms with van der Waals surface area (Å²) < 4.78 is 0. The summed E-state index contributed by atoms with van der Waals surface area (Å²) >= 11 is 5.87. The minimum absolute atomic E-state index is 0.00599. The van der Waals surface area contributed by atoms with E-state index in [4.69, 9.17) is 11.6 Å². The molecule has 3 heteroatoms. The molecule has 0 spiro atoms. The molecule has 1 aromatic rings. The predicted octanol–water partition coefficient (Wildman–Crippen LogP) is 2.90. The standard InChI is InChI=1S/C13H16ClNO/c1-9-5-6-12-11(8-9)4-3-7-15(12)13(16)10(2)14/h5-6,8,10H,3-4,7H2,1-2H3/t10-/m0/s1. The molecule has 0 aliphatic carbocycles. The van der Waals surface area contributed by atoms with Gasteiger partial charge in [0.1, 0.15) is 5.38 Å². The van der Waals surface area contributed by atoms with Gasteiger partial charge in [0.05, 0.1) is 0 Å². The zero-order chi connectivity index (χ0) is 11.7. The zero-order valence-electron chi connectivity index (χ0n) is 9.66. The van der Waals surface area contributed by atoms with Crippen LogP contribution in [0.15, 0.2) is 18.2 Å². The third kappa shape index (κ3) is 2.07. The first-order valence-electron chi connectivity index (χ1n) is 5.64. The van der Waals surface area contributed by atoms with Gasteiger partial charge in [0, 0.05) is 12.2 Å². The van der Waals surface area contributed by atoms with Crippen molar-refractivity contribution in [2.75, 3.05) is 11.4 Å². The lowest BCUT2D eigenvalue weighted by Gasteiger charge is -2.30. The van der Waals surface area contributed by atoms with E-state index in [2.05, 4.69) is 13.0 Å². The van der Waals surface area contributed by atoms with Gasteiger partial charge in [-0.1, -0.05) is 17.7 Å². The van der Waals surface area contributed by atoms with E-state index in [1.54, 1.807) is 6.92 Å². The average Bonchev–Trinajstić information content (AvgIpc) is 2.26. The Bertz CT molecular complexity index is 414. The number of hydrogen-bond donors (Lipinski definition) is 0. The van der Waals surface area contributed by atoms with Crippen LogP contribution in [0.2, 0.25) is 0 Å². The van der Waals surface area contributed by atoms with Crippen molar-refractivity contribution < 1.29 is 4.79 Å². The van der Waals surface area contributed by atoms with Gasteiger partial charge in [0.15, 0.2) is 0 Å². The van der Waals surface area contributed by atoms with Gasteiger partial charge in [-0.3, -0.25) is 4.79 Å². The Labute approximate surface area is 101 Å². The molecule has 1 amide bonds. The summed E-state index contributed by atoms with van der Waals surface area (Å²) in [4.78, 5) is 13.8. The van der Waals surface area contributed by atoms with Gasteiger partial charge in [-0.2, -0.15) is 0 Å². The van der Waals surface area contributed by atoms with Gasteiger partial charge >= 0.3 is 0 Å². The largest absolute Gasteiger partial charge is 0.311 e. The van der Waals surface area contributed by atoms with Crippen LogP contribution in [0.1, 0.15) is 24.5 Å². The first-order valence-corrected chi connectivity index (χ1v) is 6.08. The number of anilines is 1. The van der Waals surface area contributed by atoms with Gasteiger partial charge in [-0.05, 0) is 38.3 Å². The molecule has 0 bridgehead atoms. The van der Waals surface area contributed by atoms with Crippen LogP contribution in [0.4, 0.5) is 5.69 Å². The van der Waals surface area contributed by atoms with Crippen molar-refractivity contribution >= 4 is 23.2 Å². The molecule has 0 N–H and O–H groups in total. The van der Waals surface area contributed by atoms with Crippen LogP contribution in [-0.4, -0.2) is 17.8 Å². The second kappa shape index (κ2) is 4.46. The number of benzene rings is 1. The molecule has 2 nitrogen and oxygen atoms in total. The van der Waals surface area contributed by atoms with Crippen LogP contribution in [0.5, 0.6) is 0 Å². The lowest BCUT2D eigenvalue weighted by molar-refractivity contribution is -0.118. The monoisotopic (exact) mass is 237 g/mol. The van der Waals surface area contributed by atoms with Crippen molar-refractivity contribution in [2.24, 2.45) is 0 Å². The molecule has 1 atom stereocenters. The Kier molecular flexibility index (Phi) is 3.20. The maximum absolute atomic E-state index is 11.9. The van der Waals surface area contributed by atoms with Crippen LogP contribution in [0.3, 0.4) is 0 Å². The van der Waals surface area contributed by atoms with Crippen LogP contribution in [0.25, 0.3) is 0 Å². The normalized spacial score (nSPS) is 16.8. The molecule has 0 saturated heterocycles. The summed E-state index contributed by atoms with van der Waals surface area (Å²) in [6, 6.07) is 6.23. The average molecular weight is 238 g/mol. The Balaban J connectivity index is 2.37. The fraction of sp³-hybridized carbons (Fsp3) is 0.462. The Hall–Kier alpha value is -1.02. The highest BCUT2D eigenvalue weighted by Crippen LogP contribution is 2.28. The molecule has 1 aliphatic rings. The third-order valence-corrected chi connectivity index (χ3v) is 3.15. The summed E-state index contributed by atoms with van der Waals surface area (Å²) in [5, 5.41) is -0.452. The first-order chi connectivity index (χ1) is 7.59. The van der Waals surface area contributed by atoms with Crippen molar-refractivity contribution in [3.8, 4) is 0 Å². The minimum Gasteiger partial charge on any atom is -0.311 e. The van der Waals surface area contributed by atoms with E-state index in [1.165, 1.54) is 11.1 Å². The van der Waals surface area contributed by atoms with E-state index in [0.717, 1.165) is 25.1 Å². The Morgan fingerprint density at radius 1 is 1.50 bits per heavy atom. The lowest BCUT2D eigenvalue weighted by Crippen LogP contribution is -2.39. The number of rotatable bonds is 1. The minimum atomic E-state index is -0.452. The molecule has 2 rings (SSSR count). The highest BCUT2D eigenvalue weighted by molar-refractivity contribution is 6.32. The summed E-state index contributed by atoms with van der Waals surface area (Å²) in [5.74, 6) is 0.00599. The highest BCUT2D eigenvalue weighted by atomic mass is 35.5. The maximum atomic E-state index is 11.9. The fourth-order valence-electron chi connectivity index (χ4n) is 2.17. The molecule has 1 aliphatic heterocycles. The van der Waals surface area contributed by atoms with Crippen molar-refractivity contribution in [3.05, 3.63) is 29.3 Å². The van der Waals surface area contributed by atoms with Gasteiger partial charge in [-0.25, -0.2) is 0 Å². The number of hydrogen-bond acceptors (Lipinski definition) is 1. The van der Waals surface area contributed by atoms with E-state index in [-0.39, 0.29) is 5.91 Å². The van der Waals surface area contributed by atoms with Gasteiger partial charge in [-0.15, -0.1) is 11.6 Å². The summed E-state index contributed by atoms with van der Waals surface area (Å²) in [6.45, 7) is 4.59. The predicted molar refractivity (Wildman–Crippen MR) is 67.2 cm³/mol. The molecule has 1 heterocycles. The topological polar surface area (TPSA) is 20.3 Å². The number of carbonyl (C=O) groups excluding carboxylic acids is 1. The van der Waals surface area contributed by atoms with Crippen molar-refractivity contribution in [2.45, 2.75) is 32.1 Å². The van der Waals surface area contributed by atoms with E-state index in [0.29, 0.717) is 0 Å². The number of carbonyl (C=O) groups is 1. The molecule has 0 saturated carbocycles. The molecular formula is C13H16ClNO. The van der Waals surface area contributed by atoms with Crippen LogP contribution in [0, 0.1) is 6.92 Å². The number of amides is 1. The molecule has 0 radical (unpaired) electrons. The van der Waals surface area contributed by atoms with Gasteiger partial charge in [0.25, 0.3) is 0 Å². The van der Waals surface area contributed by atoms with Crippen molar-refractivity contribution in [1.82, 2.24) is 0 Å². The molecule has 1 aromatic carbocycles. The number of fused-ring (bicyclic) bond motifs is 1. The van der Waals surface area contributed by atoms with E-state index in [9.17, 15) is 4.79 Å². The molecule has 86 valence electrons. The van der Waals surface area contributed by atoms with E-state index >= 15 is 0 Å². The number of aryl methyl sites for hydroxylation is 2. The number of halogens is 1. The quantitative estimate of drug-likeness (QED) is 0.688. The summed E-state index contributed by atoms with van der Waals surface area (Å²) in [5.41, 5.74) is 3.54. The third-order valence-electron chi connectivity index (χ3n) is 2.96. The molecular weight excluding hydrogens is 222 g/mol. The second-order valence-electron chi connectivity index (χ2n) is 4.34. The first kappa shape index (κ1) is 11.5. The summed E-state index contributed by atoms with van der Waals surface area (Å²) in [6.07, 6.45) is 2.07. The second-order valence-corrected chi connectivity index (χ2v) is 5.00. The van der Waals surface area contributed by atoms with Crippen LogP contribution < -0.4 is 4.90 Å². The fourth-order valence-corrected chi connectivity index (χ4v) is 2.29. The van der Waals surface area contributed by atoms with Crippen LogP contribution >= 0.6 is 11.6 Å². The summed E-state index contributed by atoms with van der Waals surface area (Å²) in [7, 11) is 0. The zero-order valence-corrected chi connectivity index (χ0v) is 10.4.